The Labute approximate surface area is 141 Å². The fourth-order valence-electron chi connectivity index (χ4n) is 2.32. The molecule has 22 heavy (non-hydrogen) atoms. The molecule has 0 aliphatic rings. The molecule has 0 saturated heterocycles. The van der Waals surface area contributed by atoms with E-state index in [1.165, 1.54) is 28.0 Å². The molecule has 0 aliphatic heterocycles. The van der Waals surface area contributed by atoms with Gasteiger partial charge in [0.1, 0.15) is 5.51 Å². The SMILES string of the molecule is Cc1cc(C(=O)CSc2nncs2)c(C)n1Cc1cccs1. The van der Waals surface area contributed by atoms with E-state index in [-0.39, 0.29) is 5.78 Å². The van der Waals surface area contributed by atoms with Gasteiger partial charge in [0.2, 0.25) is 0 Å². The number of nitrogens with zero attached hydrogens (tertiary/aromatic N) is 3. The van der Waals surface area contributed by atoms with Crippen molar-refractivity contribution in [2.24, 2.45) is 0 Å². The van der Waals surface area contributed by atoms with E-state index in [4.69, 9.17) is 0 Å². The standard InChI is InChI=1S/C15H15N3OS3/c1-10-6-13(14(19)8-21-15-17-16-9-22-15)11(2)18(10)7-12-4-3-5-20-12/h3-6,9H,7-8H2,1-2H3. The van der Waals surface area contributed by atoms with E-state index >= 15 is 0 Å². The third-order valence-corrected chi connectivity index (χ3v) is 6.16. The highest BCUT2D eigenvalue weighted by Gasteiger charge is 2.16. The summed E-state index contributed by atoms with van der Waals surface area (Å²) in [5.41, 5.74) is 4.65. The molecule has 114 valence electrons. The molecule has 0 bridgehead atoms. The number of rotatable bonds is 6. The Morgan fingerprint density at radius 3 is 2.91 bits per heavy atom. The van der Waals surface area contributed by atoms with Gasteiger partial charge in [-0.2, -0.15) is 0 Å². The summed E-state index contributed by atoms with van der Waals surface area (Å²) in [5.74, 6) is 0.545. The average Bonchev–Trinajstić information content (AvgIpc) is 3.23. The van der Waals surface area contributed by atoms with E-state index in [0.717, 1.165) is 27.8 Å². The number of carbonyl (C=O) groups excluding carboxylic acids is 1. The fourth-order valence-corrected chi connectivity index (χ4v) is 4.38. The van der Waals surface area contributed by atoms with Crippen LogP contribution in [-0.4, -0.2) is 26.3 Å². The number of hydrogen-bond donors (Lipinski definition) is 0. The van der Waals surface area contributed by atoms with E-state index in [9.17, 15) is 4.79 Å². The van der Waals surface area contributed by atoms with Gasteiger partial charge >= 0.3 is 0 Å². The summed E-state index contributed by atoms with van der Waals surface area (Å²) in [5, 5.41) is 9.81. The second-order valence-electron chi connectivity index (χ2n) is 4.87. The van der Waals surface area contributed by atoms with E-state index in [1.54, 1.807) is 16.8 Å². The maximum Gasteiger partial charge on any atom is 0.174 e. The average molecular weight is 350 g/mol. The van der Waals surface area contributed by atoms with Gasteiger partial charge in [-0.1, -0.05) is 29.2 Å². The molecule has 4 nitrogen and oxygen atoms in total. The van der Waals surface area contributed by atoms with E-state index in [1.807, 2.05) is 13.0 Å². The normalized spacial score (nSPS) is 11.0. The Kier molecular flexibility index (Phi) is 4.75. The van der Waals surface area contributed by atoms with Crippen molar-refractivity contribution in [1.29, 1.82) is 0 Å². The molecule has 0 amide bonds. The number of aromatic nitrogens is 3. The van der Waals surface area contributed by atoms with Crippen LogP contribution < -0.4 is 0 Å². The number of thioether (sulfide) groups is 1. The molecule has 3 rings (SSSR count). The minimum absolute atomic E-state index is 0.144. The lowest BCUT2D eigenvalue weighted by atomic mass is 10.2. The molecule has 3 heterocycles. The van der Waals surface area contributed by atoms with Crippen LogP contribution in [0.1, 0.15) is 26.6 Å². The van der Waals surface area contributed by atoms with Gasteiger partial charge in [0.05, 0.1) is 12.3 Å². The molecule has 0 saturated carbocycles. The van der Waals surface area contributed by atoms with Crippen LogP contribution in [-0.2, 0) is 6.54 Å². The summed E-state index contributed by atoms with van der Waals surface area (Å²) in [6.07, 6.45) is 0. The molecule has 0 N–H and O–H groups in total. The third-order valence-electron chi connectivity index (χ3n) is 3.43. The van der Waals surface area contributed by atoms with Gasteiger partial charge in [-0.3, -0.25) is 4.79 Å². The second kappa shape index (κ2) is 6.76. The van der Waals surface area contributed by atoms with Gasteiger partial charge in [-0.05, 0) is 31.4 Å². The maximum absolute atomic E-state index is 12.5. The van der Waals surface area contributed by atoms with E-state index in [0.29, 0.717) is 5.75 Å². The van der Waals surface area contributed by atoms with Crippen molar-refractivity contribution in [3.8, 4) is 0 Å². The second-order valence-corrected chi connectivity index (χ2v) is 7.95. The van der Waals surface area contributed by atoms with Crippen LogP contribution in [0.3, 0.4) is 0 Å². The van der Waals surface area contributed by atoms with Crippen molar-refractivity contribution in [2.45, 2.75) is 24.7 Å². The zero-order valence-corrected chi connectivity index (χ0v) is 14.7. The summed E-state index contributed by atoms with van der Waals surface area (Å²) in [6, 6.07) is 6.17. The van der Waals surface area contributed by atoms with Crippen molar-refractivity contribution in [3.05, 3.63) is 50.9 Å². The van der Waals surface area contributed by atoms with Crippen molar-refractivity contribution in [1.82, 2.24) is 14.8 Å². The van der Waals surface area contributed by atoms with Crippen LogP contribution in [0.2, 0.25) is 0 Å². The Morgan fingerprint density at radius 1 is 1.36 bits per heavy atom. The Bertz CT molecular complexity index is 760. The lowest BCUT2D eigenvalue weighted by Gasteiger charge is -2.08. The minimum atomic E-state index is 0.144. The number of hydrogen-bond acceptors (Lipinski definition) is 6. The van der Waals surface area contributed by atoms with Crippen LogP contribution in [0.25, 0.3) is 0 Å². The molecule has 3 aromatic rings. The molecular weight excluding hydrogens is 334 g/mol. The molecule has 0 aliphatic carbocycles. The fraction of sp³-hybridized carbons (Fsp3) is 0.267. The number of aryl methyl sites for hydroxylation is 1. The summed E-state index contributed by atoms with van der Waals surface area (Å²) >= 11 is 4.65. The molecule has 0 spiro atoms. The molecule has 0 radical (unpaired) electrons. The Balaban J connectivity index is 1.75. The van der Waals surface area contributed by atoms with Gasteiger partial charge in [0, 0.05) is 21.8 Å². The van der Waals surface area contributed by atoms with Gasteiger partial charge in [0.15, 0.2) is 10.1 Å². The smallest absolute Gasteiger partial charge is 0.174 e. The van der Waals surface area contributed by atoms with Gasteiger partial charge in [-0.15, -0.1) is 21.5 Å². The zero-order valence-electron chi connectivity index (χ0n) is 12.3. The minimum Gasteiger partial charge on any atom is -0.343 e. The van der Waals surface area contributed by atoms with Crippen molar-refractivity contribution in [2.75, 3.05) is 5.75 Å². The molecule has 0 aromatic carbocycles. The summed E-state index contributed by atoms with van der Waals surface area (Å²) in [4.78, 5) is 13.7. The molecular formula is C15H15N3OS3. The maximum atomic E-state index is 12.5. The topological polar surface area (TPSA) is 47.8 Å². The lowest BCUT2D eigenvalue weighted by molar-refractivity contribution is 0.102. The van der Waals surface area contributed by atoms with Crippen LogP contribution in [0, 0.1) is 13.8 Å². The largest absolute Gasteiger partial charge is 0.343 e. The third kappa shape index (κ3) is 3.31. The predicted octanol–water partition coefficient (Wildman–Crippen LogP) is 4.04. The Morgan fingerprint density at radius 2 is 2.23 bits per heavy atom. The van der Waals surface area contributed by atoms with Crippen molar-refractivity contribution < 1.29 is 4.79 Å². The first-order valence-corrected chi connectivity index (χ1v) is 9.51. The molecule has 0 fully saturated rings. The van der Waals surface area contributed by atoms with E-state index in [2.05, 4.69) is 39.2 Å². The van der Waals surface area contributed by atoms with Crippen LogP contribution >= 0.6 is 34.4 Å². The van der Waals surface area contributed by atoms with Crippen molar-refractivity contribution >= 4 is 40.2 Å². The Hall–Kier alpha value is -1.44. The highest BCUT2D eigenvalue weighted by atomic mass is 32.2. The first kappa shape index (κ1) is 15.5. The van der Waals surface area contributed by atoms with E-state index < -0.39 is 0 Å². The van der Waals surface area contributed by atoms with Gasteiger partial charge in [-0.25, -0.2) is 0 Å². The first-order valence-electron chi connectivity index (χ1n) is 6.76. The highest BCUT2D eigenvalue weighted by Crippen LogP contribution is 2.23. The lowest BCUT2D eigenvalue weighted by Crippen LogP contribution is -2.07. The van der Waals surface area contributed by atoms with Crippen LogP contribution in [0.15, 0.2) is 33.4 Å². The number of thiophene rings is 1. The molecule has 3 aromatic heterocycles. The van der Waals surface area contributed by atoms with Crippen LogP contribution in [0.4, 0.5) is 0 Å². The molecule has 0 atom stereocenters. The predicted molar refractivity (Wildman–Crippen MR) is 92.3 cm³/mol. The van der Waals surface area contributed by atoms with Gasteiger partial charge in [0.25, 0.3) is 0 Å². The summed E-state index contributed by atoms with van der Waals surface area (Å²) < 4.78 is 3.04. The number of carbonyl (C=O) groups is 1. The van der Waals surface area contributed by atoms with Gasteiger partial charge < -0.3 is 4.57 Å². The first-order chi connectivity index (χ1) is 10.6. The number of Topliss-reactive ketones (excluding diaryl/α,β-unsaturated/α-hetero) is 1. The molecule has 7 heteroatoms. The zero-order chi connectivity index (χ0) is 15.5. The monoisotopic (exact) mass is 349 g/mol. The highest BCUT2D eigenvalue weighted by molar-refractivity contribution is 8.01. The summed E-state index contributed by atoms with van der Waals surface area (Å²) in [7, 11) is 0. The quantitative estimate of drug-likeness (QED) is 0.498. The molecule has 0 unspecified atom stereocenters. The number of ketones is 1. The van der Waals surface area contributed by atoms with Crippen molar-refractivity contribution in [3.63, 3.8) is 0 Å². The summed E-state index contributed by atoms with van der Waals surface area (Å²) in [6.45, 7) is 4.89. The van der Waals surface area contributed by atoms with Crippen LogP contribution in [0.5, 0.6) is 0 Å².